The molecule has 0 aliphatic carbocycles. The molecule has 2 aromatic carbocycles. The van der Waals surface area contributed by atoms with Gasteiger partial charge < -0.3 is 8.85 Å². The van der Waals surface area contributed by atoms with Crippen molar-refractivity contribution in [3.63, 3.8) is 0 Å². The largest absolute Gasteiger partial charge is 0.416 e. The SMILES string of the molecule is CCCO[Si](OCCC)(c1ccc(C(F)(F)F)cc1)c1ccc(C(F)(F)F)cc1. The Morgan fingerprint density at radius 3 is 1.17 bits per heavy atom. The lowest BCUT2D eigenvalue weighted by Crippen LogP contribution is -2.63. The van der Waals surface area contributed by atoms with Crippen LogP contribution in [0.1, 0.15) is 37.8 Å². The van der Waals surface area contributed by atoms with Crippen LogP contribution >= 0.6 is 0 Å². The van der Waals surface area contributed by atoms with Gasteiger partial charge in [-0.15, -0.1) is 0 Å². The van der Waals surface area contributed by atoms with Crippen molar-refractivity contribution < 1.29 is 35.2 Å². The maximum Gasteiger partial charge on any atom is 0.416 e. The molecule has 0 aromatic heterocycles. The van der Waals surface area contributed by atoms with Crippen LogP contribution in [0.4, 0.5) is 26.3 Å². The molecule has 0 bridgehead atoms. The lowest BCUT2D eigenvalue weighted by Gasteiger charge is -2.32. The maximum atomic E-state index is 12.9. The fraction of sp³-hybridized carbons (Fsp3) is 0.400. The van der Waals surface area contributed by atoms with Gasteiger partial charge in [0.25, 0.3) is 0 Å². The van der Waals surface area contributed by atoms with E-state index in [9.17, 15) is 26.3 Å². The molecule has 0 saturated heterocycles. The molecule has 0 saturated carbocycles. The van der Waals surface area contributed by atoms with Gasteiger partial charge in [-0.25, -0.2) is 0 Å². The fourth-order valence-corrected chi connectivity index (χ4v) is 6.07. The van der Waals surface area contributed by atoms with E-state index < -0.39 is 32.0 Å². The number of alkyl halides is 6. The van der Waals surface area contributed by atoms with E-state index in [1.54, 1.807) is 0 Å². The van der Waals surface area contributed by atoms with E-state index in [0.29, 0.717) is 23.2 Å². The first-order valence-corrected chi connectivity index (χ1v) is 11.0. The molecule has 0 atom stereocenters. The average molecular weight is 436 g/mol. The molecule has 0 amide bonds. The Hall–Kier alpha value is -1.84. The van der Waals surface area contributed by atoms with E-state index in [-0.39, 0.29) is 13.2 Å². The van der Waals surface area contributed by atoms with Crippen LogP contribution in [0.15, 0.2) is 48.5 Å². The molecular weight excluding hydrogens is 414 g/mol. The highest BCUT2D eigenvalue weighted by Gasteiger charge is 2.44. The molecule has 9 heteroatoms. The maximum absolute atomic E-state index is 12.9. The number of benzene rings is 2. The van der Waals surface area contributed by atoms with Crippen LogP contribution in [0.2, 0.25) is 0 Å². The third-order valence-electron chi connectivity index (χ3n) is 4.20. The van der Waals surface area contributed by atoms with Crippen molar-refractivity contribution in [2.75, 3.05) is 13.2 Å². The van der Waals surface area contributed by atoms with E-state index in [0.717, 1.165) is 24.3 Å². The minimum atomic E-state index is -4.49. The van der Waals surface area contributed by atoms with Crippen LogP contribution < -0.4 is 10.4 Å². The zero-order valence-electron chi connectivity index (χ0n) is 16.0. The van der Waals surface area contributed by atoms with Crippen LogP contribution in [0.5, 0.6) is 0 Å². The summed E-state index contributed by atoms with van der Waals surface area (Å²) < 4.78 is 89.8. The summed E-state index contributed by atoms with van der Waals surface area (Å²) in [5.41, 5.74) is -1.63. The van der Waals surface area contributed by atoms with E-state index in [2.05, 4.69) is 0 Å². The van der Waals surface area contributed by atoms with Crippen molar-refractivity contribution in [2.45, 2.75) is 39.0 Å². The summed E-state index contributed by atoms with van der Waals surface area (Å²) in [6, 6.07) is 8.90. The summed E-state index contributed by atoms with van der Waals surface area (Å²) in [4.78, 5) is 0. The van der Waals surface area contributed by atoms with Gasteiger partial charge in [0.2, 0.25) is 0 Å². The Morgan fingerprint density at radius 1 is 0.621 bits per heavy atom. The standard InChI is InChI=1S/C20H22F6O2Si/c1-3-13-27-29(28-14-4-2,17-9-5-15(6-10-17)19(21,22)23)18-11-7-16(8-12-18)20(24,25)26/h5-12H,3-4,13-14H2,1-2H3. The van der Waals surface area contributed by atoms with Crippen molar-refractivity contribution >= 4 is 18.9 Å². The van der Waals surface area contributed by atoms with Crippen LogP contribution in [0.3, 0.4) is 0 Å². The molecule has 2 rings (SSSR count). The predicted molar refractivity (Wildman–Crippen MR) is 100 cm³/mol. The summed E-state index contributed by atoms with van der Waals surface area (Å²) >= 11 is 0. The van der Waals surface area contributed by atoms with Gasteiger partial charge in [0.15, 0.2) is 0 Å². The average Bonchev–Trinajstić information content (AvgIpc) is 2.67. The van der Waals surface area contributed by atoms with Crippen LogP contribution in [-0.2, 0) is 21.2 Å². The molecule has 0 N–H and O–H groups in total. The first-order chi connectivity index (χ1) is 13.5. The van der Waals surface area contributed by atoms with Gasteiger partial charge in [-0.1, -0.05) is 38.1 Å². The highest BCUT2D eigenvalue weighted by molar-refractivity contribution is 6.92. The Labute approximate surface area is 166 Å². The van der Waals surface area contributed by atoms with Crippen molar-refractivity contribution in [1.82, 2.24) is 0 Å². The second-order valence-electron chi connectivity index (χ2n) is 6.46. The lowest BCUT2D eigenvalue weighted by molar-refractivity contribution is -0.138. The predicted octanol–water partition coefficient (Wildman–Crippen LogP) is 5.13. The quantitative estimate of drug-likeness (QED) is 0.422. The molecule has 0 heterocycles. The number of hydrogen-bond donors (Lipinski definition) is 0. The molecule has 2 aromatic rings. The van der Waals surface area contributed by atoms with Gasteiger partial charge >= 0.3 is 20.9 Å². The fourth-order valence-electron chi connectivity index (χ4n) is 2.79. The summed E-state index contributed by atoms with van der Waals surface area (Å²) in [6.07, 6.45) is -7.76. The van der Waals surface area contributed by atoms with Gasteiger partial charge in [0.05, 0.1) is 11.1 Å². The minimum Gasteiger partial charge on any atom is -0.388 e. The topological polar surface area (TPSA) is 18.5 Å². The first kappa shape index (κ1) is 23.4. The van der Waals surface area contributed by atoms with Crippen LogP contribution in [0.25, 0.3) is 0 Å². The molecule has 0 spiro atoms. The second-order valence-corrected chi connectivity index (χ2v) is 9.43. The highest BCUT2D eigenvalue weighted by atomic mass is 28.4. The van der Waals surface area contributed by atoms with Crippen molar-refractivity contribution in [3.8, 4) is 0 Å². The third kappa shape index (κ3) is 5.61. The van der Waals surface area contributed by atoms with Gasteiger partial charge in [-0.2, -0.15) is 26.3 Å². The van der Waals surface area contributed by atoms with E-state index in [1.165, 1.54) is 24.3 Å². The Morgan fingerprint density at radius 2 is 0.931 bits per heavy atom. The number of hydrogen-bond acceptors (Lipinski definition) is 2. The summed E-state index contributed by atoms with van der Waals surface area (Å²) in [5, 5.41) is 0.819. The summed E-state index contributed by atoms with van der Waals surface area (Å²) in [5.74, 6) is 0. The Balaban J connectivity index is 2.57. The summed E-state index contributed by atoms with van der Waals surface area (Å²) in [7, 11) is -3.49. The van der Waals surface area contributed by atoms with Crippen LogP contribution in [-0.4, -0.2) is 21.8 Å². The van der Waals surface area contributed by atoms with Crippen LogP contribution in [0, 0.1) is 0 Å². The molecule has 0 aliphatic rings. The molecule has 160 valence electrons. The molecule has 2 nitrogen and oxygen atoms in total. The minimum absolute atomic E-state index is 0.262. The van der Waals surface area contributed by atoms with Gasteiger partial charge in [-0.3, -0.25) is 0 Å². The molecule has 0 unspecified atom stereocenters. The van der Waals surface area contributed by atoms with E-state index in [1.807, 2.05) is 13.8 Å². The van der Waals surface area contributed by atoms with E-state index in [4.69, 9.17) is 8.85 Å². The molecule has 0 radical (unpaired) electrons. The zero-order valence-corrected chi connectivity index (χ0v) is 17.0. The van der Waals surface area contributed by atoms with Crippen molar-refractivity contribution in [2.24, 2.45) is 0 Å². The molecular formula is C20H22F6O2Si. The molecule has 0 fully saturated rings. The first-order valence-electron chi connectivity index (χ1n) is 9.18. The summed E-state index contributed by atoms with van der Waals surface area (Å²) in [6.45, 7) is 4.24. The van der Waals surface area contributed by atoms with Gasteiger partial charge in [0, 0.05) is 13.2 Å². The molecule has 29 heavy (non-hydrogen) atoms. The zero-order chi connectivity index (χ0) is 21.7. The van der Waals surface area contributed by atoms with Crippen molar-refractivity contribution in [3.05, 3.63) is 59.7 Å². The smallest absolute Gasteiger partial charge is 0.388 e. The van der Waals surface area contributed by atoms with Gasteiger partial charge in [-0.05, 0) is 47.5 Å². The normalized spacial score (nSPS) is 13.0. The monoisotopic (exact) mass is 436 g/mol. The number of rotatable bonds is 8. The Bertz CT molecular complexity index is 702. The second kappa shape index (κ2) is 9.31. The Kier molecular flexibility index (Phi) is 7.53. The molecule has 0 aliphatic heterocycles. The van der Waals surface area contributed by atoms with Crippen molar-refractivity contribution in [1.29, 1.82) is 0 Å². The van der Waals surface area contributed by atoms with Gasteiger partial charge in [0.1, 0.15) is 0 Å². The van der Waals surface area contributed by atoms with E-state index >= 15 is 0 Å². The number of halogens is 6. The lowest BCUT2D eigenvalue weighted by atomic mass is 10.2. The highest BCUT2D eigenvalue weighted by Crippen LogP contribution is 2.30. The third-order valence-corrected chi connectivity index (χ3v) is 7.61.